The molecule has 1 aliphatic rings. The molecule has 2 unspecified atom stereocenters. The first kappa shape index (κ1) is 19.9. The summed E-state index contributed by atoms with van der Waals surface area (Å²) in [6.45, 7) is 5.36. The van der Waals surface area contributed by atoms with Crippen molar-refractivity contribution in [3.8, 4) is 0 Å². The Kier molecular flexibility index (Phi) is 6.37. The number of rotatable bonds is 4. The summed E-state index contributed by atoms with van der Waals surface area (Å²) in [5.41, 5.74) is 5.12. The average Bonchev–Trinajstić information content (AvgIpc) is 2.60. The zero-order valence-electron chi connectivity index (χ0n) is 15.4. The smallest absolute Gasteiger partial charge is 0.410 e. The van der Waals surface area contributed by atoms with Gasteiger partial charge in [0.05, 0.1) is 6.54 Å². The van der Waals surface area contributed by atoms with Gasteiger partial charge in [-0.05, 0) is 20.8 Å². The maximum atomic E-state index is 13.0. The van der Waals surface area contributed by atoms with Gasteiger partial charge in [-0.25, -0.2) is 4.79 Å². The summed E-state index contributed by atoms with van der Waals surface area (Å²) in [4.78, 5) is 38.5. The van der Waals surface area contributed by atoms with E-state index in [0.29, 0.717) is 12.0 Å². The number of piperidine rings is 1. The predicted octanol–water partition coefficient (Wildman–Crippen LogP) is 2.14. The first-order chi connectivity index (χ1) is 12.2. The lowest BCUT2D eigenvalue weighted by Gasteiger charge is -2.38. The largest absolute Gasteiger partial charge is 0.461 e. The van der Waals surface area contributed by atoms with E-state index < -0.39 is 29.8 Å². The molecular weight excluding hydrogens is 336 g/mol. The molecule has 1 saturated heterocycles. The van der Waals surface area contributed by atoms with Gasteiger partial charge in [0.2, 0.25) is 0 Å². The number of carbonyl (C=O) groups excluding carboxylic acids is 3. The summed E-state index contributed by atoms with van der Waals surface area (Å²) >= 11 is 0. The van der Waals surface area contributed by atoms with Crippen molar-refractivity contribution in [2.45, 2.75) is 51.4 Å². The minimum atomic E-state index is -0.753. The van der Waals surface area contributed by atoms with Crippen molar-refractivity contribution in [2.75, 3.05) is 13.1 Å². The summed E-state index contributed by atoms with van der Waals surface area (Å²) in [5, 5.41) is 0. The number of nitrogens with two attached hydrogens (primary N) is 1. The van der Waals surface area contributed by atoms with Crippen molar-refractivity contribution in [1.82, 2.24) is 4.90 Å². The zero-order chi connectivity index (χ0) is 19.3. The maximum Gasteiger partial charge on any atom is 0.410 e. The first-order valence-corrected chi connectivity index (χ1v) is 8.69. The number of hydrogen-bond acceptors (Lipinski definition) is 6. The second kappa shape index (κ2) is 8.31. The van der Waals surface area contributed by atoms with Gasteiger partial charge in [0, 0.05) is 24.9 Å². The number of esters is 1. The Balaban J connectivity index is 2.22. The third kappa shape index (κ3) is 5.29. The van der Waals surface area contributed by atoms with Crippen LogP contribution in [-0.2, 0) is 14.3 Å². The molecule has 2 atom stereocenters. The molecule has 1 aromatic rings. The monoisotopic (exact) mass is 362 g/mol. The Bertz CT molecular complexity index is 654. The van der Waals surface area contributed by atoms with Crippen molar-refractivity contribution >= 4 is 17.8 Å². The van der Waals surface area contributed by atoms with Crippen LogP contribution in [0.15, 0.2) is 30.3 Å². The van der Waals surface area contributed by atoms with E-state index in [2.05, 4.69) is 0 Å². The van der Waals surface area contributed by atoms with Crippen LogP contribution in [0.5, 0.6) is 0 Å². The van der Waals surface area contributed by atoms with Crippen LogP contribution in [0.4, 0.5) is 4.79 Å². The van der Waals surface area contributed by atoms with Gasteiger partial charge in [0.15, 0.2) is 5.78 Å². The van der Waals surface area contributed by atoms with Crippen LogP contribution in [0.25, 0.3) is 0 Å². The second-order valence-electron chi connectivity index (χ2n) is 7.26. The van der Waals surface area contributed by atoms with Crippen LogP contribution in [-0.4, -0.2) is 53.6 Å². The minimum Gasteiger partial charge on any atom is -0.461 e. The third-order valence-corrected chi connectivity index (χ3v) is 4.01. The van der Waals surface area contributed by atoms with Crippen molar-refractivity contribution in [1.29, 1.82) is 0 Å². The Hall–Kier alpha value is -2.41. The molecule has 7 heteroatoms. The number of carbonyl (C=O) groups is 3. The molecule has 1 heterocycles. The van der Waals surface area contributed by atoms with Crippen LogP contribution >= 0.6 is 0 Å². The van der Waals surface area contributed by atoms with Crippen LogP contribution < -0.4 is 5.73 Å². The Labute approximate surface area is 153 Å². The molecule has 2 N–H and O–H groups in total. The number of ketones is 1. The van der Waals surface area contributed by atoms with Gasteiger partial charge in [0.1, 0.15) is 17.7 Å². The molecule has 0 saturated carbocycles. The Morgan fingerprint density at radius 2 is 1.85 bits per heavy atom. The molecule has 0 aromatic heterocycles. The highest BCUT2D eigenvalue weighted by Crippen LogP contribution is 2.25. The van der Waals surface area contributed by atoms with E-state index in [-0.39, 0.29) is 25.3 Å². The van der Waals surface area contributed by atoms with Gasteiger partial charge in [0.25, 0.3) is 0 Å². The molecule has 1 aliphatic heterocycles. The maximum absolute atomic E-state index is 13.0. The molecule has 1 aromatic carbocycles. The molecule has 7 nitrogen and oxygen atoms in total. The first-order valence-electron chi connectivity index (χ1n) is 8.69. The fourth-order valence-corrected chi connectivity index (χ4v) is 2.86. The van der Waals surface area contributed by atoms with Gasteiger partial charge in [-0.15, -0.1) is 0 Å². The molecule has 1 amide bonds. The number of nitrogens with zero attached hydrogens (tertiary/aromatic N) is 1. The van der Waals surface area contributed by atoms with Gasteiger partial charge in [-0.3, -0.25) is 14.5 Å². The highest BCUT2D eigenvalue weighted by Gasteiger charge is 2.39. The van der Waals surface area contributed by atoms with Crippen LogP contribution in [0.3, 0.4) is 0 Å². The fraction of sp³-hybridized carbons (Fsp3) is 0.526. The van der Waals surface area contributed by atoms with E-state index >= 15 is 0 Å². The second-order valence-corrected chi connectivity index (χ2v) is 7.26. The standard InChI is InChI=1S/C19H26N2O5/c1-19(2,3)26-18(24)21-10-9-14(25-16(22)12-20)11-15(21)17(23)13-7-5-4-6-8-13/h4-8,14-15H,9-12,20H2,1-3H3. The number of Topliss-reactive ketones (excluding diaryl/α,β-unsaturated/α-hetero) is 1. The normalized spacial score (nSPS) is 20.4. The van der Waals surface area contributed by atoms with Gasteiger partial charge in [-0.1, -0.05) is 30.3 Å². The molecule has 0 aliphatic carbocycles. The van der Waals surface area contributed by atoms with E-state index in [0.717, 1.165) is 0 Å². The summed E-state index contributed by atoms with van der Waals surface area (Å²) in [6, 6.07) is 7.99. The Morgan fingerprint density at radius 3 is 2.42 bits per heavy atom. The van der Waals surface area contributed by atoms with E-state index in [1.807, 2.05) is 6.07 Å². The van der Waals surface area contributed by atoms with Gasteiger partial charge in [-0.2, -0.15) is 0 Å². The topological polar surface area (TPSA) is 98.9 Å². The average molecular weight is 362 g/mol. The number of benzene rings is 1. The molecule has 142 valence electrons. The van der Waals surface area contributed by atoms with Crippen LogP contribution in [0.1, 0.15) is 44.0 Å². The number of amides is 1. The van der Waals surface area contributed by atoms with Crippen LogP contribution in [0.2, 0.25) is 0 Å². The van der Waals surface area contributed by atoms with Crippen LogP contribution in [0, 0.1) is 0 Å². The number of hydrogen-bond donors (Lipinski definition) is 1. The van der Waals surface area contributed by atoms with Crippen molar-refractivity contribution in [3.63, 3.8) is 0 Å². The summed E-state index contributed by atoms with van der Waals surface area (Å²) in [6.07, 6.45) is -0.347. The Morgan fingerprint density at radius 1 is 1.19 bits per heavy atom. The molecule has 0 radical (unpaired) electrons. The van der Waals surface area contributed by atoms with E-state index in [4.69, 9.17) is 15.2 Å². The molecule has 0 bridgehead atoms. The van der Waals surface area contributed by atoms with Crippen molar-refractivity contribution in [2.24, 2.45) is 5.73 Å². The molecule has 1 fully saturated rings. The number of likely N-dealkylation sites (tertiary alicyclic amines) is 1. The zero-order valence-corrected chi connectivity index (χ0v) is 15.4. The predicted molar refractivity (Wildman–Crippen MR) is 95.7 cm³/mol. The van der Waals surface area contributed by atoms with Crippen molar-refractivity contribution < 1.29 is 23.9 Å². The molecule has 0 spiro atoms. The minimum absolute atomic E-state index is 0.204. The molecule has 2 rings (SSSR count). The highest BCUT2D eigenvalue weighted by atomic mass is 16.6. The molecular formula is C19H26N2O5. The SMILES string of the molecule is CC(C)(C)OC(=O)N1CCC(OC(=O)CN)CC1C(=O)c1ccccc1. The fourth-order valence-electron chi connectivity index (χ4n) is 2.86. The lowest BCUT2D eigenvalue weighted by Crippen LogP contribution is -2.53. The van der Waals surface area contributed by atoms with Gasteiger partial charge >= 0.3 is 12.1 Å². The summed E-state index contributed by atoms with van der Waals surface area (Å²) < 4.78 is 10.7. The lowest BCUT2D eigenvalue weighted by atomic mass is 9.93. The summed E-state index contributed by atoms with van der Waals surface area (Å²) in [5.74, 6) is -0.725. The number of ether oxygens (including phenoxy) is 2. The third-order valence-electron chi connectivity index (χ3n) is 4.01. The van der Waals surface area contributed by atoms with E-state index in [1.54, 1.807) is 45.0 Å². The van der Waals surface area contributed by atoms with Crippen molar-refractivity contribution in [3.05, 3.63) is 35.9 Å². The summed E-state index contributed by atoms with van der Waals surface area (Å²) in [7, 11) is 0. The van der Waals surface area contributed by atoms with E-state index in [1.165, 1.54) is 4.90 Å². The van der Waals surface area contributed by atoms with E-state index in [9.17, 15) is 14.4 Å². The lowest BCUT2D eigenvalue weighted by molar-refractivity contribution is -0.149. The molecule has 26 heavy (non-hydrogen) atoms. The quantitative estimate of drug-likeness (QED) is 0.651. The highest BCUT2D eigenvalue weighted by molar-refractivity contribution is 6.01. The van der Waals surface area contributed by atoms with Gasteiger partial charge < -0.3 is 15.2 Å².